The molecule has 15 nitrogen and oxygen atoms in total. The summed E-state index contributed by atoms with van der Waals surface area (Å²) >= 11 is 0. The zero-order valence-corrected chi connectivity index (χ0v) is 19.4. The first kappa shape index (κ1) is 31.2. The highest BCUT2D eigenvalue weighted by Crippen LogP contribution is 2.08. The normalized spacial score (nSPS) is 14.9. The van der Waals surface area contributed by atoms with Gasteiger partial charge in [-0.3, -0.25) is 28.8 Å². The Hall–Kier alpha value is -3.75. The Balaban J connectivity index is 5.69. The number of carbonyl (C=O) groups is 7. The van der Waals surface area contributed by atoms with Crippen LogP contribution in [0.3, 0.4) is 0 Å². The van der Waals surface area contributed by atoms with Gasteiger partial charge in [-0.25, -0.2) is 4.79 Å². The van der Waals surface area contributed by atoms with Crippen molar-refractivity contribution in [2.24, 2.45) is 11.7 Å². The highest BCUT2D eigenvalue weighted by atomic mass is 16.4. The van der Waals surface area contributed by atoms with Crippen molar-refractivity contribution in [1.29, 1.82) is 0 Å². The second kappa shape index (κ2) is 15.2. The fraction of sp³-hybridized carbons (Fsp3) is 0.650. The van der Waals surface area contributed by atoms with Gasteiger partial charge >= 0.3 is 23.9 Å². The average Bonchev–Trinajstić information content (AvgIpc) is 2.76. The van der Waals surface area contributed by atoms with Gasteiger partial charge in [-0.05, 0) is 18.8 Å². The lowest BCUT2D eigenvalue weighted by atomic mass is 9.98. The van der Waals surface area contributed by atoms with Gasteiger partial charge in [-0.1, -0.05) is 20.3 Å². The number of hydrogen-bond donors (Lipinski definition) is 8. The van der Waals surface area contributed by atoms with E-state index in [1.165, 1.54) is 0 Å². The summed E-state index contributed by atoms with van der Waals surface area (Å²) in [5.41, 5.74) is 5.84. The molecule has 0 saturated carbocycles. The van der Waals surface area contributed by atoms with E-state index in [4.69, 9.17) is 26.2 Å². The molecule has 0 aliphatic heterocycles. The molecule has 198 valence electrons. The molecule has 35 heavy (non-hydrogen) atoms. The van der Waals surface area contributed by atoms with Crippen LogP contribution in [0.5, 0.6) is 0 Å². The van der Waals surface area contributed by atoms with Gasteiger partial charge < -0.3 is 42.1 Å². The summed E-state index contributed by atoms with van der Waals surface area (Å²) in [5, 5.41) is 42.2. The molecule has 0 aromatic rings. The molecule has 0 rings (SSSR count). The van der Waals surface area contributed by atoms with Gasteiger partial charge in [0.1, 0.15) is 18.1 Å². The Bertz CT molecular complexity index is 817. The third-order valence-corrected chi connectivity index (χ3v) is 5.11. The summed E-state index contributed by atoms with van der Waals surface area (Å²) < 4.78 is 0. The maximum Gasteiger partial charge on any atom is 0.326 e. The lowest BCUT2D eigenvalue weighted by molar-refractivity contribution is -0.147. The molecule has 9 N–H and O–H groups in total. The molecule has 0 radical (unpaired) electrons. The second-order valence-electron chi connectivity index (χ2n) is 7.90. The minimum absolute atomic E-state index is 0.269. The molecule has 5 unspecified atom stereocenters. The molecule has 0 heterocycles. The van der Waals surface area contributed by atoms with Gasteiger partial charge in [0.25, 0.3) is 0 Å². The van der Waals surface area contributed by atoms with Crippen LogP contribution in [0.25, 0.3) is 0 Å². The standard InChI is InChI=1S/C20H32N4O11/c1-3-9(2)16(21)19(33)23-11(5-7-14(27)28)17(31)22-10(4-6-13(25)26)18(32)24-12(20(34)35)8-15(29)30/h9-12,16H,3-8,21H2,1-2H3,(H,22,31)(H,23,33)(H,24,32)(H,25,26)(H,27,28)(H,29,30)(H,34,35). The van der Waals surface area contributed by atoms with E-state index in [9.17, 15) is 33.6 Å². The first-order chi connectivity index (χ1) is 16.2. The summed E-state index contributed by atoms with van der Waals surface area (Å²) in [4.78, 5) is 81.8. The summed E-state index contributed by atoms with van der Waals surface area (Å²) in [6.45, 7) is 3.48. The van der Waals surface area contributed by atoms with E-state index in [-0.39, 0.29) is 12.3 Å². The van der Waals surface area contributed by atoms with Gasteiger partial charge in [-0.15, -0.1) is 0 Å². The van der Waals surface area contributed by atoms with Crippen molar-refractivity contribution < 1.29 is 54.0 Å². The summed E-state index contributed by atoms with van der Waals surface area (Å²) in [5.74, 6) is -9.04. The van der Waals surface area contributed by atoms with E-state index in [1.54, 1.807) is 13.8 Å². The van der Waals surface area contributed by atoms with E-state index in [0.717, 1.165) is 0 Å². The van der Waals surface area contributed by atoms with Crippen LogP contribution in [0.15, 0.2) is 0 Å². The van der Waals surface area contributed by atoms with Crippen molar-refractivity contribution in [2.75, 3.05) is 0 Å². The lowest BCUT2D eigenvalue weighted by Gasteiger charge is -2.25. The van der Waals surface area contributed by atoms with Crippen molar-refractivity contribution in [3.63, 3.8) is 0 Å². The maximum atomic E-state index is 12.8. The predicted molar refractivity (Wildman–Crippen MR) is 117 cm³/mol. The molecule has 0 aliphatic rings. The van der Waals surface area contributed by atoms with Gasteiger partial charge in [0, 0.05) is 12.8 Å². The van der Waals surface area contributed by atoms with E-state index >= 15 is 0 Å². The number of carbonyl (C=O) groups excluding carboxylic acids is 3. The van der Waals surface area contributed by atoms with Crippen LogP contribution in [0.1, 0.15) is 52.4 Å². The molecular weight excluding hydrogens is 472 g/mol. The Labute approximate surface area is 200 Å². The molecule has 0 spiro atoms. The molecule has 0 saturated heterocycles. The molecule has 5 atom stereocenters. The van der Waals surface area contributed by atoms with Crippen LogP contribution in [-0.4, -0.2) is 86.2 Å². The number of rotatable bonds is 17. The molecule has 0 aromatic carbocycles. The quantitative estimate of drug-likeness (QED) is 0.108. The van der Waals surface area contributed by atoms with E-state index in [2.05, 4.69) is 10.6 Å². The number of amides is 3. The minimum atomic E-state index is -1.86. The van der Waals surface area contributed by atoms with Crippen LogP contribution in [0.2, 0.25) is 0 Å². The largest absolute Gasteiger partial charge is 0.481 e. The summed E-state index contributed by atoms with van der Waals surface area (Å²) in [6, 6.07) is -5.95. The predicted octanol–water partition coefficient (Wildman–Crippen LogP) is -1.90. The van der Waals surface area contributed by atoms with Crippen molar-refractivity contribution in [1.82, 2.24) is 16.0 Å². The van der Waals surface area contributed by atoms with Crippen molar-refractivity contribution >= 4 is 41.6 Å². The van der Waals surface area contributed by atoms with Gasteiger partial charge in [0.15, 0.2) is 0 Å². The van der Waals surface area contributed by atoms with E-state index in [0.29, 0.717) is 6.42 Å². The van der Waals surface area contributed by atoms with Crippen LogP contribution >= 0.6 is 0 Å². The van der Waals surface area contributed by atoms with Crippen LogP contribution in [-0.2, 0) is 33.6 Å². The number of hydrogen-bond acceptors (Lipinski definition) is 8. The number of aliphatic carboxylic acids is 4. The Kier molecular flexibility index (Phi) is 13.6. The van der Waals surface area contributed by atoms with Crippen LogP contribution < -0.4 is 21.7 Å². The van der Waals surface area contributed by atoms with Crippen LogP contribution in [0.4, 0.5) is 0 Å². The van der Waals surface area contributed by atoms with Gasteiger partial charge in [-0.2, -0.15) is 0 Å². The molecule has 0 aliphatic carbocycles. The topological polar surface area (TPSA) is 263 Å². The molecule has 0 bridgehead atoms. The minimum Gasteiger partial charge on any atom is -0.481 e. The molecule has 3 amide bonds. The Morgan fingerprint density at radius 2 is 1.09 bits per heavy atom. The van der Waals surface area contributed by atoms with Crippen molar-refractivity contribution in [3.05, 3.63) is 0 Å². The number of nitrogens with two attached hydrogens (primary N) is 1. The Morgan fingerprint density at radius 1 is 0.686 bits per heavy atom. The third kappa shape index (κ3) is 12.3. The number of carboxylic acid groups (broad SMARTS) is 4. The van der Waals surface area contributed by atoms with Crippen LogP contribution in [0, 0.1) is 5.92 Å². The lowest BCUT2D eigenvalue weighted by Crippen LogP contribution is -2.57. The van der Waals surface area contributed by atoms with E-state index < -0.39 is 91.4 Å². The fourth-order valence-electron chi connectivity index (χ4n) is 2.77. The molecule has 15 heteroatoms. The smallest absolute Gasteiger partial charge is 0.326 e. The van der Waals surface area contributed by atoms with Crippen molar-refractivity contribution in [2.45, 2.75) is 76.5 Å². The fourth-order valence-corrected chi connectivity index (χ4v) is 2.77. The first-order valence-corrected chi connectivity index (χ1v) is 10.7. The zero-order valence-electron chi connectivity index (χ0n) is 19.4. The third-order valence-electron chi connectivity index (χ3n) is 5.11. The number of carboxylic acids is 4. The van der Waals surface area contributed by atoms with Crippen molar-refractivity contribution in [3.8, 4) is 0 Å². The Morgan fingerprint density at radius 3 is 1.43 bits per heavy atom. The first-order valence-electron chi connectivity index (χ1n) is 10.7. The summed E-state index contributed by atoms with van der Waals surface area (Å²) in [7, 11) is 0. The molecule has 0 fully saturated rings. The SMILES string of the molecule is CCC(C)C(N)C(=O)NC(CCC(=O)O)C(=O)NC(CCC(=O)O)C(=O)NC(CC(=O)O)C(=O)O. The highest BCUT2D eigenvalue weighted by molar-refractivity contribution is 5.95. The van der Waals surface area contributed by atoms with Gasteiger partial charge in [0.2, 0.25) is 17.7 Å². The summed E-state index contributed by atoms with van der Waals surface area (Å²) in [6.07, 6.45) is -2.49. The second-order valence-corrected chi connectivity index (χ2v) is 7.90. The van der Waals surface area contributed by atoms with E-state index in [1.807, 2.05) is 5.32 Å². The molecule has 0 aromatic heterocycles. The highest BCUT2D eigenvalue weighted by Gasteiger charge is 2.32. The zero-order chi connectivity index (χ0) is 27.3. The molecular formula is C20H32N4O11. The average molecular weight is 504 g/mol. The number of nitrogens with one attached hydrogen (secondary N) is 3. The van der Waals surface area contributed by atoms with Gasteiger partial charge in [0.05, 0.1) is 12.5 Å². The maximum absolute atomic E-state index is 12.8. The monoisotopic (exact) mass is 504 g/mol.